The monoisotopic (exact) mass is 345 g/mol. The van der Waals surface area contributed by atoms with Gasteiger partial charge in [-0.25, -0.2) is 0 Å². The molecule has 1 aromatic rings. The van der Waals surface area contributed by atoms with Crippen LogP contribution in [0.15, 0.2) is 24.3 Å². The van der Waals surface area contributed by atoms with Gasteiger partial charge >= 0.3 is 0 Å². The van der Waals surface area contributed by atoms with Gasteiger partial charge in [0.25, 0.3) is 0 Å². The quantitative estimate of drug-likeness (QED) is 0.846. The summed E-state index contributed by atoms with van der Waals surface area (Å²) in [7, 11) is 1.67. The molecule has 0 unspecified atom stereocenters. The first-order valence-electron chi connectivity index (χ1n) is 9.18. The minimum atomic E-state index is 0.154. The first-order valence-corrected chi connectivity index (χ1v) is 10.2. The molecule has 130 valence electrons. The lowest BCUT2D eigenvalue weighted by Gasteiger charge is -2.56. The molecular weight excluding hydrogens is 318 g/mol. The lowest BCUT2D eigenvalue weighted by Crippen LogP contribution is -2.49. The van der Waals surface area contributed by atoms with Crippen molar-refractivity contribution in [3.05, 3.63) is 29.8 Å². The number of hydrogen-bond acceptors (Lipinski definition) is 3. The molecule has 4 saturated carbocycles. The Hall–Kier alpha value is -1.16. The molecule has 3 nitrogen and oxygen atoms in total. The number of nitrogens with one attached hydrogen (secondary N) is 1. The standard InChI is InChI=1S/C20H27NO2S/c1-23-18-5-3-2-4-17(18)12-21-19(22)13-24-20-9-14-6-15(10-20)8-16(7-14)11-20/h2-5,14-16H,6-13H2,1H3,(H,21,22). The summed E-state index contributed by atoms with van der Waals surface area (Å²) in [5, 5.41) is 3.07. The molecular formula is C20H27NO2S. The van der Waals surface area contributed by atoms with Crippen molar-refractivity contribution in [2.75, 3.05) is 12.9 Å². The molecule has 0 spiro atoms. The highest BCUT2D eigenvalue weighted by Gasteiger charge is 2.51. The molecule has 4 fully saturated rings. The molecule has 0 atom stereocenters. The third-order valence-corrected chi connectivity index (χ3v) is 7.68. The Morgan fingerprint density at radius 2 is 1.79 bits per heavy atom. The molecule has 0 heterocycles. The molecule has 0 radical (unpaired) electrons. The Balaban J connectivity index is 1.29. The van der Waals surface area contributed by atoms with Crippen LogP contribution in [0.1, 0.15) is 44.1 Å². The fraction of sp³-hybridized carbons (Fsp3) is 0.650. The molecule has 0 aromatic heterocycles. The largest absolute Gasteiger partial charge is 0.496 e. The van der Waals surface area contributed by atoms with E-state index in [1.165, 1.54) is 38.5 Å². The lowest BCUT2D eigenvalue weighted by atomic mass is 9.56. The highest BCUT2D eigenvalue weighted by atomic mass is 32.2. The fourth-order valence-corrected chi connectivity index (χ4v) is 7.12. The van der Waals surface area contributed by atoms with E-state index in [4.69, 9.17) is 4.74 Å². The molecule has 4 bridgehead atoms. The number of carbonyl (C=O) groups excluding carboxylic acids is 1. The zero-order chi connectivity index (χ0) is 16.6. The van der Waals surface area contributed by atoms with E-state index in [1.54, 1.807) is 7.11 Å². The van der Waals surface area contributed by atoms with Gasteiger partial charge in [-0.1, -0.05) is 18.2 Å². The predicted molar refractivity (Wildman–Crippen MR) is 98.2 cm³/mol. The number of hydrogen-bond donors (Lipinski definition) is 1. The van der Waals surface area contributed by atoms with Gasteiger partial charge in [-0.3, -0.25) is 4.79 Å². The van der Waals surface area contributed by atoms with Crippen LogP contribution in [-0.4, -0.2) is 23.5 Å². The smallest absolute Gasteiger partial charge is 0.230 e. The van der Waals surface area contributed by atoms with Crippen molar-refractivity contribution in [1.29, 1.82) is 0 Å². The Morgan fingerprint density at radius 1 is 1.17 bits per heavy atom. The second kappa shape index (κ2) is 6.62. The first kappa shape index (κ1) is 16.3. The van der Waals surface area contributed by atoms with Crippen LogP contribution in [0.4, 0.5) is 0 Å². The van der Waals surface area contributed by atoms with Crippen LogP contribution in [0.3, 0.4) is 0 Å². The van der Waals surface area contributed by atoms with Crippen LogP contribution in [-0.2, 0) is 11.3 Å². The van der Waals surface area contributed by atoms with Crippen molar-refractivity contribution in [1.82, 2.24) is 5.32 Å². The van der Waals surface area contributed by atoms with Gasteiger partial charge in [-0.15, -0.1) is 11.8 Å². The van der Waals surface area contributed by atoms with Gasteiger partial charge in [-0.05, 0) is 62.3 Å². The lowest BCUT2D eigenvalue weighted by molar-refractivity contribution is -0.118. The molecule has 0 aliphatic heterocycles. The topological polar surface area (TPSA) is 38.3 Å². The number of thioether (sulfide) groups is 1. The van der Waals surface area contributed by atoms with Crippen LogP contribution < -0.4 is 10.1 Å². The van der Waals surface area contributed by atoms with Crippen LogP contribution >= 0.6 is 11.8 Å². The van der Waals surface area contributed by atoms with E-state index in [0.717, 1.165) is 29.1 Å². The maximum Gasteiger partial charge on any atom is 0.230 e. The molecule has 4 aliphatic carbocycles. The first-order chi connectivity index (χ1) is 11.7. The van der Waals surface area contributed by atoms with Gasteiger partial charge in [0.15, 0.2) is 0 Å². The molecule has 4 aliphatic rings. The number of para-hydroxylation sites is 1. The zero-order valence-corrected chi connectivity index (χ0v) is 15.2. The molecule has 1 N–H and O–H groups in total. The highest BCUT2D eigenvalue weighted by Crippen LogP contribution is 2.60. The van der Waals surface area contributed by atoms with E-state index in [2.05, 4.69) is 5.32 Å². The minimum absolute atomic E-state index is 0.154. The van der Waals surface area contributed by atoms with Crippen molar-refractivity contribution < 1.29 is 9.53 Å². The molecule has 24 heavy (non-hydrogen) atoms. The maximum absolute atomic E-state index is 12.3. The van der Waals surface area contributed by atoms with E-state index in [1.807, 2.05) is 36.0 Å². The second-order valence-corrected chi connectivity index (χ2v) is 9.42. The Morgan fingerprint density at radius 3 is 2.42 bits per heavy atom. The Bertz CT molecular complexity index is 580. The average Bonchev–Trinajstić information content (AvgIpc) is 2.57. The van der Waals surface area contributed by atoms with Crippen molar-refractivity contribution in [2.45, 2.75) is 49.8 Å². The highest BCUT2D eigenvalue weighted by molar-refractivity contribution is 8.01. The number of methoxy groups -OCH3 is 1. The summed E-state index contributed by atoms with van der Waals surface area (Å²) in [5.74, 6) is 4.43. The SMILES string of the molecule is COc1ccccc1CNC(=O)CSC12CC3CC(CC(C3)C1)C2. The summed E-state index contributed by atoms with van der Waals surface area (Å²) in [6.45, 7) is 0.546. The Labute approximate surface area is 148 Å². The maximum atomic E-state index is 12.3. The predicted octanol–water partition coefficient (Wildman–Crippen LogP) is 4.01. The summed E-state index contributed by atoms with van der Waals surface area (Å²) < 4.78 is 5.76. The fourth-order valence-electron chi connectivity index (χ4n) is 5.52. The number of carbonyl (C=O) groups is 1. The zero-order valence-electron chi connectivity index (χ0n) is 14.4. The van der Waals surface area contributed by atoms with Gasteiger partial charge < -0.3 is 10.1 Å². The Kier molecular flexibility index (Phi) is 4.50. The van der Waals surface area contributed by atoms with Crippen molar-refractivity contribution in [3.8, 4) is 5.75 Å². The summed E-state index contributed by atoms with van der Waals surface area (Å²) in [5.41, 5.74) is 1.04. The van der Waals surface area contributed by atoms with E-state index in [-0.39, 0.29) is 5.91 Å². The summed E-state index contributed by atoms with van der Waals surface area (Å²) >= 11 is 1.94. The average molecular weight is 346 g/mol. The van der Waals surface area contributed by atoms with Crippen LogP contribution in [0.2, 0.25) is 0 Å². The van der Waals surface area contributed by atoms with Gasteiger partial charge in [0.2, 0.25) is 5.91 Å². The summed E-state index contributed by atoms with van der Waals surface area (Å²) in [4.78, 5) is 12.3. The van der Waals surface area contributed by atoms with E-state index >= 15 is 0 Å². The van der Waals surface area contributed by atoms with Crippen LogP contribution in [0.5, 0.6) is 5.75 Å². The summed E-state index contributed by atoms with van der Waals surface area (Å²) in [6.07, 6.45) is 8.43. The van der Waals surface area contributed by atoms with Gasteiger partial charge in [0, 0.05) is 16.9 Å². The number of benzene rings is 1. The molecule has 5 rings (SSSR count). The third kappa shape index (κ3) is 3.30. The van der Waals surface area contributed by atoms with Crippen molar-refractivity contribution in [2.24, 2.45) is 17.8 Å². The van der Waals surface area contributed by atoms with Crippen LogP contribution in [0.25, 0.3) is 0 Å². The van der Waals surface area contributed by atoms with Crippen molar-refractivity contribution in [3.63, 3.8) is 0 Å². The number of ether oxygens (including phenoxy) is 1. The van der Waals surface area contributed by atoms with Crippen molar-refractivity contribution >= 4 is 17.7 Å². The molecule has 0 saturated heterocycles. The number of amides is 1. The molecule has 4 heteroatoms. The third-order valence-electron chi connectivity index (χ3n) is 6.16. The van der Waals surface area contributed by atoms with Gasteiger partial charge in [-0.2, -0.15) is 0 Å². The minimum Gasteiger partial charge on any atom is -0.496 e. The van der Waals surface area contributed by atoms with Gasteiger partial charge in [0.1, 0.15) is 5.75 Å². The summed E-state index contributed by atoms with van der Waals surface area (Å²) in [6, 6.07) is 7.87. The van der Waals surface area contributed by atoms with Crippen LogP contribution in [0, 0.1) is 17.8 Å². The van der Waals surface area contributed by atoms with E-state index in [0.29, 0.717) is 17.0 Å². The molecule has 1 aromatic carbocycles. The van der Waals surface area contributed by atoms with Gasteiger partial charge in [0.05, 0.1) is 12.9 Å². The van der Waals surface area contributed by atoms with E-state index in [9.17, 15) is 4.79 Å². The normalized spacial score (nSPS) is 33.5. The second-order valence-electron chi connectivity index (χ2n) is 7.98. The van der Waals surface area contributed by atoms with E-state index < -0.39 is 0 Å². The number of rotatable bonds is 6. The molecule has 1 amide bonds.